The lowest BCUT2D eigenvalue weighted by molar-refractivity contribution is 0.0469. The van der Waals surface area contributed by atoms with Crippen LogP contribution in [0.15, 0.2) is 70.1 Å². The number of hydrogen-bond acceptors (Lipinski definition) is 4. The molecule has 0 aliphatic heterocycles. The van der Waals surface area contributed by atoms with Crippen LogP contribution in [0, 0.1) is 0 Å². The Morgan fingerprint density at radius 1 is 1.00 bits per heavy atom. The van der Waals surface area contributed by atoms with E-state index in [-0.39, 0.29) is 17.6 Å². The second-order valence-electron chi connectivity index (χ2n) is 4.54. The molecule has 0 fully saturated rings. The summed E-state index contributed by atoms with van der Waals surface area (Å²) in [5.41, 5.74) is 0.831. The fraction of sp³-hybridized carbons (Fsp3) is 0.0588. The highest BCUT2D eigenvalue weighted by atomic mass is 16.5. The largest absolute Gasteiger partial charge is 0.463 e. The van der Waals surface area contributed by atoms with Crippen molar-refractivity contribution in [1.29, 1.82) is 0 Å². The van der Waals surface area contributed by atoms with Gasteiger partial charge < -0.3 is 9.15 Å². The van der Waals surface area contributed by atoms with E-state index in [4.69, 9.17) is 9.15 Å². The van der Waals surface area contributed by atoms with Gasteiger partial charge in [0.05, 0.1) is 5.39 Å². The van der Waals surface area contributed by atoms with Crippen molar-refractivity contribution in [1.82, 2.24) is 0 Å². The van der Waals surface area contributed by atoms with Gasteiger partial charge in [-0.1, -0.05) is 42.5 Å². The minimum Gasteiger partial charge on any atom is -0.463 e. The molecule has 0 spiro atoms. The molecule has 1 aromatic heterocycles. The average molecular weight is 280 g/mol. The quantitative estimate of drug-likeness (QED) is 0.691. The smallest absolute Gasteiger partial charge is 0.345 e. The van der Waals surface area contributed by atoms with E-state index in [1.165, 1.54) is 0 Å². The fourth-order valence-corrected chi connectivity index (χ4v) is 2.02. The van der Waals surface area contributed by atoms with Crippen LogP contribution in [0.1, 0.15) is 15.9 Å². The summed E-state index contributed by atoms with van der Waals surface area (Å²) in [6, 6.07) is 16.1. The monoisotopic (exact) mass is 280 g/mol. The van der Waals surface area contributed by atoms with Gasteiger partial charge in [-0.2, -0.15) is 0 Å². The van der Waals surface area contributed by atoms with Gasteiger partial charge in [-0.25, -0.2) is 4.79 Å². The number of fused-ring (bicyclic) bond motifs is 1. The highest BCUT2D eigenvalue weighted by Crippen LogP contribution is 2.11. The highest BCUT2D eigenvalue weighted by molar-refractivity contribution is 5.92. The van der Waals surface area contributed by atoms with Crippen molar-refractivity contribution in [2.45, 2.75) is 6.61 Å². The number of hydrogen-bond donors (Lipinski definition) is 0. The molecule has 0 amide bonds. The lowest BCUT2D eigenvalue weighted by Crippen LogP contribution is -2.17. The summed E-state index contributed by atoms with van der Waals surface area (Å²) in [6.07, 6.45) is 1.15. The fourth-order valence-electron chi connectivity index (χ4n) is 2.02. The maximum Gasteiger partial charge on any atom is 0.345 e. The molecule has 1 heterocycles. The Morgan fingerprint density at radius 2 is 1.71 bits per heavy atom. The summed E-state index contributed by atoms with van der Waals surface area (Å²) in [6.45, 7) is 0.117. The molecular formula is C17H12O4. The summed E-state index contributed by atoms with van der Waals surface area (Å²) in [7, 11) is 0. The average Bonchev–Trinajstić information content (AvgIpc) is 2.54. The second kappa shape index (κ2) is 5.63. The molecule has 0 saturated carbocycles. The Hall–Kier alpha value is -2.88. The summed E-state index contributed by atoms with van der Waals surface area (Å²) < 4.78 is 10.4. The Bertz CT molecular complexity index is 834. The standard InChI is InChI=1S/C17H12O4/c18-16-13-8-4-5-9-15(13)20-11-14(16)17(19)21-10-12-6-2-1-3-7-12/h1-9,11H,10H2. The number of carbonyl (C=O) groups is 1. The van der Waals surface area contributed by atoms with Crippen LogP contribution >= 0.6 is 0 Å². The van der Waals surface area contributed by atoms with E-state index in [1.807, 2.05) is 30.3 Å². The summed E-state index contributed by atoms with van der Waals surface area (Å²) in [4.78, 5) is 24.2. The molecule has 21 heavy (non-hydrogen) atoms. The van der Waals surface area contributed by atoms with Crippen molar-refractivity contribution in [3.05, 3.63) is 82.2 Å². The van der Waals surface area contributed by atoms with Crippen LogP contribution in [0.4, 0.5) is 0 Å². The molecule has 0 N–H and O–H groups in total. The van der Waals surface area contributed by atoms with Crippen molar-refractivity contribution in [3.63, 3.8) is 0 Å². The minimum absolute atomic E-state index is 0.0929. The molecule has 0 atom stereocenters. The van der Waals surface area contributed by atoms with E-state index in [1.54, 1.807) is 24.3 Å². The zero-order chi connectivity index (χ0) is 14.7. The molecule has 0 aliphatic carbocycles. The first-order chi connectivity index (χ1) is 10.3. The molecule has 0 bridgehead atoms. The van der Waals surface area contributed by atoms with Crippen molar-refractivity contribution < 1.29 is 13.9 Å². The number of ether oxygens (including phenoxy) is 1. The number of carbonyl (C=O) groups excluding carboxylic acids is 1. The van der Waals surface area contributed by atoms with Crippen molar-refractivity contribution >= 4 is 16.9 Å². The lowest BCUT2D eigenvalue weighted by Gasteiger charge is -2.05. The Balaban J connectivity index is 1.85. The van der Waals surface area contributed by atoms with E-state index in [9.17, 15) is 9.59 Å². The molecule has 0 saturated heterocycles. The SMILES string of the molecule is O=C(OCc1ccccc1)c1coc2ccccc2c1=O. The van der Waals surface area contributed by atoms with Gasteiger partial charge in [-0.05, 0) is 17.7 Å². The molecule has 104 valence electrons. The predicted octanol–water partition coefficient (Wildman–Crippen LogP) is 3.15. The first-order valence-electron chi connectivity index (χ1n) is 6.47. The zero-order valence-corrected chi connectivity index (χ0v) is 11.1. The second-order valence-corrected chi connectivity index (χ2v) is 4.54. The van der Waals surface area contributed by atoms with Crippen LogP contribution in [0.3, 0.4) is 0 Å². The van der Waals surface area contributed by atoms with Gasteiger partial charge in [0.2, 0.25) is 5.43 Å². The Labute approximate surface area is 120 Å². The Kier molecular flexibility index (Phi) is 3.51. The van der Waals surface area contributed by atoms with Gasteiger partial charge in [-0.3, -0.25) is 4.79 Å². The van der Waals surface area contributed by atoms with E-state index in [0.29, 0.717) is 11.0 Å². The highest BCUT2D eigenvalue weighted by Gasteiger charge is 2.15. The molecule has 4 nitrogen and oxygen atoms in total. The first kappa shape index (κ1) is 13.1. The first-order valence-corrected chi connectivity index (χ1v) is 6.47. The number of esters is 1. The molecule has 0 radical (unpaired) electrons. The third-order valence-electron chi connectivity index (χ3n) is 3.11. The van der Waals surface area contributed by atoms with Crippen LogP contribution in [-0.4, -0.2) is 5.97 Å². The molecule has 0 unspecified atom stereocenters. The Morgan fingerprint density at radius 3 is 2.52 bits per heavy atom. The van der Waals surface area contributed by atoms with Crippen molar-refractivity contribution in [3.8, 4) is 0 Å². The minimum atomic E-state index is -0.682. The number of benzene rings is 2. The van der Waals surface area contributed by atoms with Gasteiger partial charge in [0, 0.05) is 0 Å². The van der Waals surface area contributed by atoms with Crippen molar-refractivity contribution in [2.24, 2.45) is 0 Å². The zero-order valence-electron chi connectivity index (χ0n) is 11.1. The molecule has 0 aliphatic rings. The predicted molar refractivity (Wildman–Crippen MR) is 78.0 cm³/mol. The maximum atomic E-state index is 12.2. The van der Waals surface area contributed by atoms with Crippen LogP contribution in [0.2, 0.25) is 0 Å². The van der Waals surface area contributed by atoms with E-state index in [2.05, 4.69) is 0 Å². The van der Waals surface area contributed by atoms with Crippen molar-refractivity contribution in [2.75, 3.05) is 0 Å². The van der Waals surface area contributed by atoms with E-state index in [0.717, 1.165) is 11.8 Å². The van der Waals surface area contributed by atoms with Gasteiger partial charge in [0.25, 0.3) is 0 Å². The molecule has 3 aromatic rings. The normalized spacial score (nSPS) is 10.5. The summed E-state index contributed by atoms with van der Waals surface area (Å²) >= 11 is 0. The van der Waals surface area contributed by atoms with Crippen LogP contribution in [-0.2, 0) is 11.3 Å². The summed E-state index contributed by atoms with van der Waals surface area (Å²) in [5, 5.41) is 0.367. The number of rotatable bonds is 3. The lowest BCUT2D eigenvalue weighted by atomic mass is 10.2. The van der Waals surface area contributed by atoms with Crippen LogP contribution in [0.5, 0.6) is 0 Å². The number of para-hydroxylation sites is 1. The molecule has 3 rings (SSSR count). The topological polar surface area (TPSA) is 56.5 Å². The third-order valence-corrected chi connectivity index (χ3v) is 3.11. The maximum absolute atomic E-state index is 12.2. The molecule has 2 aromatic carbocycles. The van der Waals surface area contributed by atoms with Crippen LogP contribution < -0.4 is 5.43 Å². The summed E-state index contributed by atoms with van der Waals surface area (Å²) in [5.74, 6) is -0.682. The van der Waals surface area contributed by atoms with E-state index < -0.39 is 5.97 Å². The van der Waals surface area contributed by atoms with Gasteiger partial charge in [-0.15, -0.1) is 0 Å². The van der Waals surface area contributed by atoms with Gasteiger partial charge in [0.1, 0.15) is 24.0 Å². The van der Waals surface area contributed by atoms with E-state index >= 15 is 0 Å². The molecular weight excluding hydrogens is 268 g/mol. The molecule has 4 heteroatoms. The van der Waals surface area contributed by atoms with Gasteiger partial charge >= 0.3 is 5.97 Å². The van der Waals surface area contributed by atoms with Crippen LogP contribution in [0.25, 0.3) is 11.0 Å². The third kappa shape index (κ3) is 2.69. The van der Waals surface area contributed by atoms with Gasteiger partial charge in [0.15, 0.2) is 0 Å².